The summed E-state index contributed by atoms with van der Waals surface area (Å²) in [6.45, 7) is 4.17. The minimum absolute atomic E-state index is 0.0153. The van der Waals surface area contributed by atoms with E-state index >= 15 is 0 Å². The van der Waals surface area contributed by atoms with Crippen molar-refractivity contribution in [1.29, 1.82) is 0 Å². The topological polar surface area (TPSA) is 34.9 Å². The molecule has 1 aromatic rings. The van der Waals surface area contributed by atoms with Crippen molar-refractivity contribution in [3.63, 3.8) is 0 Å². The fraction of sp³-hybridized carbons (Fsp3) is 0.250. The molecule has 12 heavy (non-hydrogen) atoms. The van der Waals surface area contributed by atoms with Gasteiger partial charge in [0, 0.05) is 18.9 Å². The van der Waals surface area contributed by atoms with E-state index in [0.29, 0.717) is 6.54 Å². The van der Waals surface area contributed by atoms with Crippen LogP contribution >= 0.6 is 11.6 Å². The van der Waals surface area contributed by atoms with E-state index in [4.69, 9.17) is 11.6 Å². The molecule has 0 atom stereocenters. The van der Waals surface area contributed by atoms with Crippen LogP contribution in [0.4, 0.5) is 0 Å². The number of rotatable bonds is 3. The first-order valence-electron chi connectivity index (χ1n) is 3.57. The zero-order chi connectivity index (χ0) is 8.97. The quantitative estimate of drug-likeness (QED) is 0.667. The molecule has 0 saturated heterocycles. The van der Waals surface area contributed by atoms with Gasteiger partial charge in [0.2, 0.25) is 0 Å². The Morgan fingerprint density at radius 2 is 2.50 bits per heavy atom. The van der Waals surface area contributed by atoms with Crippen LogP contribution in [0.2, 0.25) is 5.15 Å². The van der Waals surface area contributed by atoms with Crippen LogP contribution in [0.1, 0.15) is 6.42 Å². The van der Waals surface area contributed by atoms with Gasteiger partial charge in [0.05, 0.1) is 0 Å². The highest BCUT2D eigenvalue weighted by atomic mass is 35.5. The Morgan fingerprint density at radius 3 is 3.17 bits per heavy atom. The van der Waals surface area contributed by atoms with Crippen molar-refractivity contribution in [3.8, 4) is 0 Å². The van der Waals surface area contributed by atoms with Gasteiger partial charge in [-0.1, -0.05) is 17.7 Å². The highest BCUT2D eigenvalue weighted by Gasteiger charge is 1.98. The number of aromatic nitrogens is 2. The third-order valence-electron chi connectivity index (χ3n) is 1.45. The van der Waals surface area contributed by atoms with Crippen molar-refractivity contribution in [2.45, 2.75) is 13.0 Å². The SMILES string of the molecule is C=CCCn1ccnc(Cl)c1=O. The van der Waals surface area contributed by atoms with E-state index in [1.165, 1.54) is 10.8 Å². The Kier molecular flexibility index (Phi) is 3.05. The molecule has 0 radical (unpaired) electrons. The van der Waals surface area contributed by atoms with Crippen LogP contribution in [-0.2, 0) is 6.54 Å². The van der Waals surface area contributed by atoms with E-state index < -0.39 is 0 Å². The van der Waals surface area contributed by atoms with Gasteiger partial charge in [-0.3, -0.25) is 4.79 Å². The maximum atomic E-state index is 11.2. The standard InChI is InChI=1S/C8H9ClN2O/c1-2-3-5-11-6-4-10-7(9)8(11)12/h2,4,6H,1,3,5H2. The summed E-state index contributed by atoms with van der Waals surface area (Å²) in [5.41, 5.74) is -0.249. The second-order valence-corrected chi connectivity index (χ2v) is 2.65. The van der Waals surface area contributed by atoms with E-state index in [9.17, 15) is 4.79 Å². The zero-order valence-corrected chi connectivity index (χ0v) is 7.29. The minimum atomic E-state index is -0.249. The summed E-state index contributed by atoms with van der Waals surface area (Å²) >= 11 is 5.52. The smallest absolute Gasteiger partial charge is 0.288 e. The summed E-state index contributed by atoms with van der Waals surface area (Å²) in [4.78, 5) is 14.9. The molecule has 64 valence electrons. The predicted octanol–water partition coefficient (Wildman–Crippen LogP) is 1.47. The number of hydrogen-bond donors (Lipinski definition) is 0. The van der Waals surface area contributed by atoms with Gasteiger partial charge in [0.15, 0.2) is 5.15 Å². The third kappa shape index (κ3) is 1.95. The second kappa shape index (κ2) is 4.07. The summed E-state index contributed by atoms with van der Waals surface area (Å²) < 4.78 is 1.51. The van der Waals surface area contributed by atoms with Crippen LogP contribution in [0.5, 0.6) is 0 Å². The monoisotopic (exact) mass is 184 g/mol. The van der Waals surface area contributed by atoms with Crippen LogP contribution in [0.15, 0.2) is 29.8 Å². The molecule has 4 heteroatoms. The van der Waals surface area contributed by atoms with Crippen molar-refractivity contribution in [2.75, 3.05) is 0 Å². The van der Waals surface area contributed by atoms with Crippen molar-refractivity contribution in [2.24, 2.45) is 0 Å². The minimum Gasteiger partial charge on any atom is -0.311 e. The van der Waals surface area contributed by atoms with E-state index in [-0.39, 0.29) is 10.7 Å². The number of halogens is 1. The highest BCUT2D eigenvalue weighted by molar-refractivity contribution is 6.29. The second-order valence-electron chi connectivity index (χ2n) is 2.29. The maximum absolute atomic E-state index is 11.2. The first-order chi connectivity index (χ1) is 5.75. The number of aryl methyl sites for hydroxylation is 1. The van der Waals surface area contributed by atoms with Crippen molar-refractivity contribution in [3.05, 3.63) is 40.6 Å². The fourth-order valence-corrected chi connectivity index (χ4v) is 0.992. The van der Waals surface area contributed by atoms with Gasteiger partial charge in [-0.2, -0.15) is 0 Å². The van der Waals surface area contributed by atoms with Crippen molar-refractivity contribution in [1.82, 2.24) is 9.55 Å². The van der Waals surface area contributed by atoms with Crippen molar-refractivity contribution < 1.29 is 0 Å². The molecule has 0 amide bonds. The first-order valence-corrected chi connectivity index (χ1v) is 3.95. The average molecular weight is 185 g/mol. The van der Waals surface area contributed by atoms with E-state index in [2.05, 4.69) is 11.6 Å². The molecule has 0 N–H and O–H groups in total. The Hall–Kier alpha value is -1.09. The third-order valence-corrected chi connectivity index (χ3v) is 1.71. The van der Waals surface area contributed by atoms with Gasteiger partial charge >= 0.3 is 0 Å². The Balaban J connectivity index is 2.92. The van der Waals surface area contributed by atoms with Gasteiger partial charge in [-0.15, -0.1) is 6.58 Å². The molecule has 0 bridgehead atoms. The lowest BCUT2D eigenvalue weighted by Crippen LogP contribution is -2.20. The maximum Gasteiger partial charge on any atom is 0.288 e. The summed E-state index contributed by atoms with van der Waals surface area (Å²) in [5, 5.41) is 0.0153. The van der Waals surface area contributed by atoms with E-state index in [1.807, 2.05) is 0 Å². The Morgan fingerprint density at radius 1 is 1.75 bits per heavy atom. The molecular formula is C8H9ClN2O. The van der Waals surface area contributed by atoms with Gasteiger partial charge in [-0.25, -0.2) is 4.98 Å². The summed E-state index contributed by atoms with van der Waals surface area (Å²) in [6.07, 6.45) is 5.62. The normalized spacial score (nSPS) is 9.75. The molecule has 0 aliphatic heterocycles. The molecule has 0 unspecified atom stereocenters. The summed E-state index contributed by atoms with van der Waals surface area (Å²) in [5.74, 6) is 0. The highest BCUT2D eigenvalue weighted by Crippen LogP contribution is 1.94. The molecule has 0 aliphatic rings. The molecule has 0 aromatic carbocycles. The Bertz CT molecular complexity index is 332. The van der Waals surface area contributed by atoms with E-state index in [1.54, 1.807) is 12.3 Å². The molecule has 1 heterocycles. The molecular weight excluding hydrogens is 176 g/mol. The summed E-state index contributed by atoms with van der Waals surface area (Å²) in [7, 11) is 0. The van der Waals surface area contributed by atoms with Crippen LogP contribution in [-0.4, -0.2) is 9.55 Å². The molecule has 1 rings (SSSR count). The zero-order valence-electron chi connectivity index (χ0n) is 6.53. The van der Waals surface area contributed by atoms with Gasteiger partial charge < -0.3 is 4.57 Å². The molecule has 0 fully saturated rings. The predicted molar refractivity (Wildman–Crippen MR) is 48.3 cm³/mol. The Labute approximate surface area is 75.3 Å². The number of nitrogens with zero attached hydrogens (tertiary/aromatic N) is 2. The van der Waals surface area contributed by atoms with Crippen molar-refractivity contribution >= 4 is 11.6 Å². The lowest BCUT2D eigenvalue weighted by molar-refractivity contribution is 0.675. The lowest BCUT2D eigenvalue weighted by Gasteiger charge is -2.01. The fourth-order valence-electron chi connectivity index (χ4n) is 0.827. The average Bonchev–Trinajstić information content (AvgIpc) is 2.08. The van der Waals surface area contributed by atoms with Crippen LogP contribution in [0.25, 0.3) is 0 Å². The van der Waals surface area contributed by atoms with Gasteiger partial charge in [0.1, 0.15) is 0 Å². The van der Waals surface area contributed by atoms with Gasteiger partial charge in [0.25, 0.3) is 5.56 Å². The molecule has 1 aromatic heterocycles. The van der Waals surface area contributed by atoms with Crippen LogP contribution < -0.4 is 5.56 Å². The van der Waals surface area contributed by atoms with Gasteiger partial charge in [-0.05, 0) is 6.42 Å². The van der Waals surface area contributed by atoms with Crippen LogP contribution in [0, 0.1) is 0 Å². The molecule has 0 saturated carbocycles. The van der Waals surface area contributed by atoms with Crippen LogP contribution in [0.3, 0.4) is 0 Å². The number of hydrogen-bond acceptors (Lipinski definition) is 2. The largest absolute Gasteiger partial charge is 0.311 e. The molecule has 3 nitrogen and oxygen atoms in total. The number of allylic oxidation sites excluding steroid dienone is 1. The molecule has 0 aliphatic carbocycles. The molecule has 0 spiro atoms. The lowest BCUT2D eigenvalue weighted by atomic mass is 10.4. The van der Waals surface area contributed by atoms with E-state index in [0.717, 1.165) is 6.42 Å². The first kappa shape index (κ1) is 9.00. The summed E-state index contributed by atoms with van der Waals surface area (Å²) in [6, 6.07) is 0.